The van der Waals surface area contributed by atoms with Crippen molar-refractivity contribution in [1.29, 1.82) is 0 Å². The molecule has 1 atom stereocenters. The SMILES string of the molecule is CCCCCOc1ccc(C2CCC(C(=O)OCCC(C)CCCC(C)C)CC2)cc1. The van der Waals surface area contributed by atoms with Crippen LogP contribution in [0, 0.1) is 17.8 Å². The van der Waals surface area contributed by atoms with Gasteiger partial charge in [0.05, 0.1) is 19.1 Å². The fraction of sp³-hybridized carbons (Fsp3) is 0.750. The first-order valence-corrected chi connectivity index (χ1v) is 12.9. The fourth-order valence-electron chi connectivity index (χ4n) is 4.54. The molecule has 0 spiro atoms. The molecule has 1 aromatic rings. The minimum absolute atomic E-state index is 0.0312. The third-order valence-corrected chi connectivity index (χ3v) is 6.76. The zero-order valence-corrected chi connectivity index (χ0v) is 20.5. The Balaban J connectivity index is 1.63. The zero-order valence-electron chi connectivity index (χ0n) is 20.5. The van der Waals surface area contributed by atoms with Crippen LogP contribution in [-0.4, -0.2) is 19.2 Å². The van der Waals surface area contributed by atoms with Crippen molar-refractivity contribution >= 4 is 5.97 Å². The second kappa shape index (κ2) is 14.5. The van der Waals surface area contributed by atoms with Crippen LogP contribution in [0.15, 0.2) is 24.3 Å². The molecular weight excluding hydrogens is 384 g/mol. The van der Waals surface area contributed by atoms with Crippen LogP contribution in [0.4, 0.5) is 0 Å². The van der Waals surface area contributed by atoms with Crippen LogP contribution in [0.2, 0.25) is 0 Å². The van der Waals surface area contributed by atoms with E-state index in [0.29, 0.717) is 18.4 Å². The Labute approximate surface area is 191 Å². The Bertz CT molecular complexity index is 599. The van der Waals surface area contributed by atoms with E-state index in [1.54, 1.807) is 0 Å². The van der Waals surface area contributed by atoms with Gasteiger partial charge in [-0.3, -0.25) is 4.79 Å². The van der Waals surface area contributed by atoms with E-state index in [1.807, 2.05) is 0 Å². The molecule has 31 heavy (non-hydrogen) atoms. The average Bonchev–Trinajstić information content (AvgIpc) is 2.77. The van der Waals surface area contributed by atoms with Gasteiger partial charge in [0.25, 0.3) is 0 Å². The number of rotatable bonds is 14. The summed E-state index contributed by atoms with van der Waals surface area (Å²) in [6.45, 7) is 10.4. The highest BCUT2D eigenvalue weighted by Crippen LogP contribution is 2.36. The van der Waals surface area contributed by atoms with Gasteiger partial charge in [-0.1, -0.05) is 71.9 Å². The molecule has 0 aliphatic heterocycles. The first-order chi connectivity index (χ1) is 15.0. The number of unbranched alkanes of at least 4 members (excludes halogenated alkanes) is 2. The van der Waals surface area contributed by atoms with Gasteiger partial charge >= 0.3 is 5.97 Å². The van der Waals surface area contributed by atoms with Gasteiger partial charge < -0.3 is 9.47 Å². The van der Waals surface area contributed by atoms with Crippen molar-refractivity contribution in [3.05, 3.63) is 29.8 Å². The Morgan fingerprint density at radius 2 is 1.61 bits per heavy atom. The smallest absolute Gasteiger partial charge is 0.308 e. The quantitative estimate of drug-likeness (QED) is 0.222. The van der Waals surface area contributed by atoms with E-state index in [4.69, 9.17) is 9.47 Å². The molecule has 1 fully saturated rings. The van der Waals surface area contributed by atoms with E-state index in [-0.39, 0.29) is 11.9 Å². The van der Waals surface area contributed by atoms with Crippen molar-refractivity contribution in [2.75, 3.05) is 13.2 Å². The maximum Gasteiger partial charge on any atom is 0.308 e. The van der Waals surface area contributed by atoms with Crippen molar-refractivity contribution < 1.29 is 14.3 Å². The van der Waals surface area contributed by atoms with E-state index in [1.165, 1.54) is 37.7 Å². The lowest BCUT2D eigenvalue weighted by atomic mass is 9.79. The number of benzene rings is 1. The molecule has 2 rings (SSSR count). The molecule has 176 valence electrons. The van der Waals surface area contributed by atoms with Gasteiger partial charge in [0.15, 0.2) is 0 Å². The van der Waals surface area contributed by atoms with Crippen LogP contribution < -0.4 is 4.74 Å². The van der Waals surface area contributed by atoms with Crippen molar-refractivity contribution in [2.24, 2.45) is 17.8 Å². The van der Waals surface area contributed by atoms with E-state index >= 15 is 0 Å². The second-order valence-electron chi connectivity index (χ2n) is 10.1. The summed E-state index contributed by atoms with van der Waals surface area (Å²) in [5, 5.41) is 0. The summed E-state index contributed by atoms with van der Waals surface area (Å²) < 4.78 is 11.5. The summed E-state index contributed by atoms with van der Waals surface area (Å²) in [4.78, 5) is 12.5. The molecular formula is C28H46O3. The number of hydrogen-bond donors (Lipinski definition) is 0. The Morgan fingerprint density at radius 3 is 2.26 bits per heavy atom. The topological polar surface area (TPSA) is 35.5 Å². The minimum Gasteiger partial charge on any atom is -0.494 e. The highest BCUT2D eigenvalue weighted by atomic mass is 16.5. The summed E-state index contributed by atoms with van der Waals surface area (Å²) in [7, 11) is 0. The summed E-state index contributed by atoms with van der Waals surface area (Å²) in [5.41, 5.74) is 1.38. The number of ether oxygens (including phenoxy) is 2. The molecule has 1 unspecified atom stereocenters. The van der Waals surface area contributed by atoms with Crippen LogP contribution in [0.1, 0.15) is 110 Å². The molecule has 1 aliphatic rings. The van der Waals surface area contributed by atoms with Crippen LogP contribution in [0.3, 0.4) is 0 Å². The monoisotopic (exact) mass is 430 g/mol. The number of carbonyl (C=O) groups is 1. The van der Waals surface area contributed by atoms with Crippen LogP contribution >= 0.6 is 0 Å². The maximum absolute atomic E-state index is 12.5. The zero-order chi connectivity index (χ0) is 22.5. The number of hydrogen-bond acceptors (Lipinski definition) is 3. The summed E-state index contributed by atoms with van der Waals surface area (Å²) in [6.07, 6.45) is 12.4. The number of carbonyl (C=O) groups excluding carboxylic acids is 1. The van der Waals surface area contributed by atoms with Gasteiger partial charge in [0.1, 0.15) is 5.75 Å². The molecule has 3 nitrogen and oxygen atoms in total. The fourth-order valence-corrected chi connectivity index (χ4v) is 4.54. The summed E-state index contributed by atoms with van der Waals surface area (Å²) in [6, 6.07) is 8.62. The third kappa shape index (κ3) is 10.1. The first-order valence-electron chi connectivity index (χ1n) is 12.9. The molecule has 1 saturated carbocycles. The normalized spacial score (nSPS) is 19.9. The van der Waals surface area contributed by atoms with Gasteiger partial charge in [-0.2, -0.15) is 0 Å². The second-order valence-corrected chi connectivity index (χ2v) is 10.1. The van der Waals surface area contributed by atoms with Gasteiger partial charge in [-0.05, 0) is 74.0 Å². The molecule has 0 N–H and O–H groups in total. The third-order valence-electron chi connectivity index (χ3n) is 6.76. The predicted octanol–water partition coefficient (Wildman–Crippen LogP) is 7.93. The molecule has 0 saturated heterocycles. The summed E-state index contributed by atoms with van der Waals surface area (Å²) in [5.74, 6) is 3.06. The first kappa shape index (κ1) is 25.7. The van der Waals surface area contributed by atoms with Gasteiger partial charge in [-0.15, -0.1) is 0 Å². The standard InChI is InChI=1S/C28H46O3/c1-5-6-7-20-30-27-17-15-25(16-18-27)24-11-13-26(14-12-24)28(29)31-21-19-23(4)10-8-9-22(2)3/h15-18,22-24,26H,5-14,19-21H2,1-4H3. The lowest BCUT2D eigenvalue weighted by Crippen LogP contribution is -2.23. The predicted molar refractivity (Wildman–Crippen MR) is 130 cm³/mol. The van der Waals surface area contributed by atoms with Crippen molar-refractivity contribution in [3.8, 4) is 5.75 Å². The molecule has 1 aliphatic carbocycles. The van der Waals surface area contributed by atoms with Gasteiger partial charge in [-0.25, -0.2) is 0 Å². The van der Waals surface area contributed by atoms with E-state index in [2.05, 4.69) is 52.0 Å². The van der Waals surface area contributed by atoms with Gasteiger partial charge in [0, 0.05) is 0 Å². The van der Waals surface area contributed by atoms with Crippen molar-refractivity contribution in [3.63, 3.8) is 0 Å². The lowest BCUT2D eigenvalue weighted by molar-refractivity contribution is -0.150. The molecule has 0 bridgehead atoms. The van der Waals surface area contributed by atoms with Crippen LogP contribution in [0.5, 0.6) is 5.75 Å². The molecule has 0 heterocycles. The maximum atomic E-state index is 12.5. The highest BCUT2D eigenvalue weighted by Gasteiger charge is 2.28. The number of esters is 1. The van der Waals surface area contributed by atoms with Gasteiger partial charge in [0.2, 0.25) is 0 Å². The van der Waals surface area contributed by atoms with E-state index < -0.39 is 0 Å². The average molecular weight is 431 g/mol. The Kier molecular flexibility index (Phi) is 12.1. The largest absolute Gasteiger partial charge is 0.494 e. The van der Waals surface area contributed by atoms with Crippen molar-refractivity contribution in [1.82, 2.24) is 0 Å². The summed E-state index contributed by atoms with van der Waals surface area (Å²) >= 11 is 0. The Hall–Kier alpha value is -1.51. The van der Waals surface area contributed by atoms with E-state index in [9.17, 15) is 4.79 Å². The van der Waals surface area contributed by atoms with Crippen LogP contribution in [-0.2, 0) is 9.53 Å². The lowest BCUT2D eigenvalue weighted by Gasteiger charge is -2.27. The molecule has 0 amide bonds. The molecule has 0 radical (unpaired) electrons. The van der Waals surface area contributed by atoms with E-state index in [0.717, 1.165) is 56.8 Å². The molecule has 1 aromatic carbocycles. The Morgan fingerprint density at radius 1 is 0.903 bits per heavy atom. The highest BCUT2D eigenvalue weighted by molar-refractivity contribution is 5.72. The minimum atomic E-state index is 0.0312. The molecule has 3 heteroatoms. The van der Waals surface area contributed by atoms with Crippen LogP contribution in [0.25, 0.3) is 0 Å². The van der Waals surface area contributed by atoms with Crippen molar-refractivity contribution in [2.45, 2.75) is 104 Å². The molecule has 0 aromatic heterocycles.